The van der Waals surface area contributed by atoms with Gasteiger partial charge < -0.3 is 4.57 Å². The second-order valence-corrected chi connectivity index (χ2v) is 4.52. The monoisotopic (exact) mass is 273 g/mol. The van der Waals surface area contributed by atoms with E-state index in [4.69, 9.17) is 11.6 Å². The summed E-state index contributed by atoms with van der Waals surface area (Å²) in [5.41, 5.74) is 1.41. The first kappa shape index (κ1) is 13.0. The molecule has 2 rings (SSSR count). The molecule has 0 amide bonds. The molecule has 2 aromatic rings. The van der Waals surface area contributed by atoms with Gasteiger partial charge in [-0.3, -0.25) is 0 Å². The molecule has 0 aliphatic carbocycles. The van der Waals surface area contributed by atoms with Crippen molar-refractivity contribution in [2.75, 3.05) is 0 Å². The van der Waals surface area contributed by atoms with Gasteiger partial charge in [0.25, 0.3) is 0 Å². The number of rotatable bonds is 1. The zero-order valence-corrected chi connectivity index (χ0v) is 10.6. The number of hydrogen-bond donors (Lipinski definition) is 0. The smallest absolute Gasteiger partial charge is 0.319 e. The van der Waals surface area contributed by atoms with Crippen LogP contribution in [-0.4, -0.2) is 4.57 Å². The Morgan fingerprint density at radius 3 is 2.06 bits per heavy atom. The minimum atomic E-state index is -4.44. The second kappa shape index (κ2) is 4.35. The number of halogens is 4. The highest BCUT2D eigenvalue weighted by atomic mass is 35.5. The summed E-state index contributed by atoms with van der Waals surface area (Å²) in [6, 6.07) is 7.65. The highest BCUT2D eigenvalue weighted by Crippen LogP contribution is 2.36. The fourth-order valence-electron chi connectivity index (χ4n) is 1.95. The van der Waals surface area contributed by atoms with E-state index in [1.165, 1.54) is 6.07 Å². The molecule has 18 heavy (non-hydrogen) atoms. The molecule has 1 nitrogen and oxygen atoms in total. The van der Waals surface area contributed by atoms with Crippen LogP contribution in [0.3, 0.4) is 0 Å². The summed E-state index contributed by atoms with van der Waals surface area (Å²) in [7, 11) is 0. The van der Waals surface area contributed by atoms with Crippen molar-refractivity contribution in [1.29, 1.82) is 0 Å². The molecule has 0 spiro atoms. The van der Waals surface area contributed by atoms with E-state index in [2.05, 4.69) is 0 Å². The van der Waals surface area contributed by atoms with Gasteiger partial charge in [-0.2, -0.15) is 13.2 Å². The van der Waals surface area contributed by atoms with Crippen LogP contribution in [0.5, 0.6) is 0 Å². The molecule has 1 aromatic carbocycles. The molecule has 0 bridgehead atoms. The third kappa shape index (κ3) is 2.25. The minimum Gasteiger partial charge on any atom is -0.319 e. The van der Waals surface area contributed by atoms with Crippen LogP contribution in [-0.2, 0) is 6.18 Å². The highest BCUT2D eigenvalue weighted by Gasteiger charge is 2.33. The van der Waals surface area contributed by atoms with Gasteiger partial charge in [-0.25, -0.2) is 0 Å². The van der Waals surface area contributed by atoms with Crippen molar-refractivity contribution in [3.63, 3.8) is 0 Å². The van der Waals surface area contributed by atoms with Crippen LogP contribution in [0.1, 0.15) is 17.0 Å². The molecule has 0 aliphatic heterocycles. The average Bonchev–Trinajstić information content (AvgIpc) is 2.58. The SMILES string of the molecule is Cc1ccc(C)n1-c1ccc(Cl)c(C(F)(F)F)c1. The Kier molecular flexibility index (Phi) is 3.15. The van der Waals surface area contributed by atoms with E-state index >= 15 is 0 Å². The van der Waals surface area contributed by atoms with Crippen molar-refractivity contribution in [2.45, 2.75) is 20.0 Å². The third-order valence-electron chi connectivity index (χ3n) is 2.78. The summed E-state index contributed by atoms with van der Waals surface area (Å²) in [6.07, 6.45) is -4.44. The number of benzene rings is 1. The summed E-state index contributed by atoms with van der Waals surface area (Å²) in [5.74, 6) is 0. The van der Waals surface area contributed by atoms with Gasteiger partial charge in [-0.1, -0.05) is 11.6 Å². The van der Waals surface area contributed by atoms with Crippen molar-refractivity contribution in [3.05, 3.63) is 52.3 Å². The maximum Gasteiger partial charge on any atom is 0.417 e. The third-order valence-corrected chi connectivity index (χ3v) is 3.11. The van der Waals surface area contributed by atoms with Gasteiger partial charge in [0, 0.05) is 17.1 Å². The van der Waals surface area contributed by atoms with Gasteiger partial charge in [0.05, 0.1) is 10.6 Å². The topological polar surface area (TPSA) is 4.93 Å². The van der Waals surface area contributed by atoms with Crippen molar-refractivity contribution in [3.8, 4) is 5.69 Å². The maximum absolute atomic E-state index is 12.8. The van der Waals surface area contributed by atoms with Crippen LogP contribution in [0, 0.1) is 13.8 Å². The molecule has 0 N–H and O–H groups in total. The lowest BCUT2D eigenvalue weighted by atomic mass is 10.2. The van der Waals surface area contributed by atoms with Gasteiger partial charge in [0.1, 0.15) is 0 Å². The predicted octanol–water partition coefficient (Wildman–Crippen LogP) is 4.77. The van der Waals surface area contributed by atoms with E-state index in [1.807, 2.05) is 26.0 Å². The first-order valence-corrected chi connectivity index (χ1v) is 5.70. The largest absolute Gasteiger partial charge is 0.417 e. The molecule has 96 valence electrons. The Balaban J connectivity index is 2.62. The molecule has 0 aliphatic rings. The summed E-state index contributed by atoms with van der Waals surface area (Å²) in [6.45, 7) is 3.68. The van der Waals surface area contributed by atoms with Gasteiger partial charge in [-0.15, -0.1) is 0 Å². The van der Waals surface area contributed by atoms with Crippen molar-refractivity contribution >= 4 is 11.6 Å². The van der Waals surface area contributed by atoms with Gasteiger partial charge in [0.2, 0.25) is 0 Å². The van der Waals surface area contributed by atoms with Crippen molar-refractivity contribution < 1.29 is 13.2 Å². The Bertz CT molecular complexity index is 565. The molecular formula is C13H11ClF3N. The lowest BCUT2D eigenvalue weighted by Crippen LogP contribution is -2.08. The van der Waals surface area contributed by atoms with Crippen LogP contribution < -0.4 is 0 Å². The zero-order valence-electron chi connectivity index (χ0n) is 9.85. The first-order chi connectivity index (χ1) is 8.30. The van der Waals surface area contributed by atoms with Crippen LogP contribution >= 0.6 is 11.6 Å². The van der Waals surface area contributed by atoms with E-state index in [1.54, 1.807) is 10.6 Å². The van der Waals surface area contributed by atoms with Crippen LogP contribution in [0.25, 0.3) is 5.69 Å². The molecule has 0 saturated heterocycles. The molecule has 0 unspecified atom stereocenters. The van der Waals surface area contributed by atoms with Crippen LogP contribution in [0.2, 0.25) is 5.02 Å². The van der Waals surface area contributed by atoms with Crippen LogP contribution in [0.4, 0.5) is 13.2 Å². The number of alkyl halides is 3. The van der Waals surface area contributed by atoms with E-state index < -0.39 is 11.7 Å². The molecular weight excluding hydrogens is 263 g/mol. The Hall–Kier alpha value is -1.42. The summed E-state index contributed by atoms with van der Waals surface area (Å²) >= 11 is 5.59. The van der Waals surface area contributed by atoms with Gasteiger partial charge >= 0.3 is 6.18 Å². The van der Waals surface area contributed by atoms with Crippen LogP contribution in [0.15, 0.2) is 30.3 Å². The van der Waals surface area contributed by atoms with E-state index in [-0.39, 0.29) is 5.02 Å². The number of aromatic nitrogens is 1. The molecule has 1 aromatic heterocycles. The Morgan fingerprint density at radius 1 is 1.00 bits per heavy atom. The second-order valence-electron chi connectivity index (χ2n) is 4.11. The van der Waals surface area contributed by atoms with E-state index in [0.29, 0.717) is 5.69 Å². The number of aryl methyl sites for hydroxylation is 2. The summed E-state index contributed by atoms with van der Waals surface area (Å²) < 4.78 is 40.1. The lowest BCUT2D eigenvalue weighted by Gasteiger charge is -2.14. The molecule has 0 radical (unpaired) electrons. The molecule has 5 heteroatoms. The predicted molar refractivity (Wildman–Crippen MR) is 65.3 cm³/mol. The number of nitrogens with zero attached hydrogens (tertiary/aromatic N) is 1. The molecule has 0 atom stereocenters. The maximum atomic E-state index is 12.8. The van der Waals surface area contributed by atoms with Gasteiger partial charge in [0.15, 0.2) is 0 Å². The van der Waals surface area contributed by atoms with Crippen molar-refractivity contribution in [1.82, 2.24) is 4.57 Å². The lowest BCUT2D eigenvalue weighted by molar-refractivity contribution is -0.137. The molecule has 1 heterocycles. The normalized spacial score (nSPS) is 11.9. The van der Waals surface area contributed by atoms with Crippen molar-refractivity contribution in [2.24, 2.45) is 0 Å². The number of hydrogen-bond acceptors (Lipinski definition) is 0. The quantitative estimate of drug-likeness (QED) is 0.705. The van der Waals surface area contributed by atoms with E-state index in [9.17, 15) is 13.2 Å². The highest BCUT2D eigenvalue weighted by molar-refractivity contribution is 6.31. The Morgan fingerprint density at radius 2 is 1.56 bits per heavy atom. The summed E-state index contributed by atoms with van der Waals surface area (Å²) in [5, 5.41) is -0.284. The molecule has 0 saturated carbocycles. The minimum absolute atomic E-state index is 0.284. The zero-order chi connectivity index (χ0) is 13.5. The standard InChI is InChI=1S/C13H11ClF3N/c1-8-3-4-9(2)18(8)10-5-6-12(14)11(7-10)13(15,16)17/h3-7H,1-2H3. The van der Waals surface area contributed by atoms with Gasteiger partial charge in [-0.05, 0) is 44.2 Å². The fourth-order valence-corrected chi connectivity index (χ4v) is 2.17. The first-order valence-electron chi connectivity index (χ1n) is 5.33. The Labute approximate surface area is 108 Å². The fraction of sp³-hybridized carbons (Fsp3) is 0.231. The molecule has 0 fully saturated rings. The summed E-state index contributed by atoms with van der Waals surface area (Å²) in [4.78, 5) is 0. The average molecular weight is 274 g/mol. The van der Waals surface area contributed by atoms with E-state index in [0.717, 1.165) is 17.5 Å².